The molecule has 0 radical (unpaired) electrons. The van der Waals surface area contributed by atoms with Gasteiger partial charge in [-0.15, -0.1) is 0 Å². The van der Waals surface area contributed by atoms with Crippen LogP contribution >= 0.6 is 0 Å². The van der Waals surface area contributed by atoms with E-state index in [4.69, 9.17) is 5.73 Å². The largest absolute Gasteiger partial charge is 0.365 e. The summed E-state index contributed by atoms with van der Waals surface area (Å²) in [7, 11) is 0. The monoisotopic (exact) mass is 325 g/mol. The van der Waals surface area contributed by atoms with Crippen LogP contribution in [-0.4, -0.2) is 30.1 Å². The Balaban J connectivity index is 1.41. The van der Waals surface area contributed by atoms with Crippen LogP contribution in [0.2, 0.25) is 0 Å². The lowest BCUT2D eigenvalue weighted by Gasteiger charge is -2.11. The summed E-state index contributed by atoms with van der Waals surface area (Å²) in [4.78, 5) is 20.2. The van der Waals surface area contributed by atoms with E-state index in [1.54, 1.807) is 10.7 Å². The number of nitrogens with one attached hydrogen (secondary N) is 1. The van der Waals surface area contributed by atoms with Crippen LogP contribution in [0.15, 0.2) is 24.8 Å². The molecule has 1 aliphatic rings. The van der Waals surface area contributed by atoms with E-state index in [2.05, 4.69) is 31.1 Å². The highest BCUT2D eigenvalue weighted by molar-refractivity contribution is 5.98. The van der Waals surface area contributed by atoms with Crippen LogP contribution in [0.1, 0.15) is 40.3 Å². The second-order valence-electron chi connectivity index (χ2n) is 6.06. The number of fused-ring (bicyclic) bond motifs is 2. The SMILES string of the molecule is NC(=O)c1cnn2cc(CNCc3cn4c(n3)CCCC4)cnc12. The molecular weight excluding hydrogens is 306 g/mol. The number of nitrogens with zero attached hydrogens (tertiary/aromatic N) is 5. The van der Waals surface area contributed by atoms with Gasteiger partial charge in [-0.2, -0.15) is 5.10 Å². The maximum atomic E-state index is 11.3. The summed E-state index contributed by atoms with van der Waals surface area (Å²) in [5.74, 6) is 0.670. The second-order valence-corrected chi connectivity index (χ2v) is 6.06. The molecule has 0 bridgehead atoms. The molecule has 124 valence electrons. The van der Waals surface area contributed by atoms with Crippen molar-refractivity contribution in [1.29, 1.82) is 0 Å². The molecule has 3 N–H and O–H groups in total. The Morgan fingerprint density at radius 2 is 2.17 bits per heavy atom. The van der Waals surface area contributed by atoms with Gasteiger partial charge in [-0.3, -0.25) is 4.79 Å². The number of rotatable bonds is 5. The number of hydrogen-bond acceptors (Lipinski definition) is 5. The minimum Gasteiger partial charge on any atom is -0.365 e. The lowest BCUT2D eigenvalue weighted by Crippen LogP contribution is -2.14. The molecule has 3 aromatic heterocycles. The Bertz CT molecular complexity index is 872. The maximum absolute atomic E-state index is 11.3. The third kappa shape index (κ3) is 2.76. The van der Waals surface area contributed by atoms with E-state index in [0.717, 1.165) is 24.2 Å². The average Bonchev–Trinajstić information content (AvgIpc) is 3.17. The normalized spacial score (nSPS) is 14.0. The molecular formula is C16H19N7O. The van der Waals surface area contributed by atoms with Crippen LogP contribution in [0.4, 0.5) is 0 Å². The summed E-state index contributed by atoms with van der Waals surface area (Å²) < 4.78 is 3.83. The fourth-order valence-electron chi connectivity index (χ4n) is 3.07. The van der Waals surface area contributed by atoms with E-state index in [0.29, 0.717) is 24.3 Å². The van der Waals surface area contributed by atoms with Gasteiger partial charge in [0.1, 0.15) is 11.4 Å². The number of aryl methyl sites for hydroxylation is 2. The van der Waals surface area contributed by atoms with E-state index >= 15 is 0 Å². The molecule has 8 nitrogen and oxygen atoms in total. The van der Waals surface area contributed by atoms with Crippen molar-refractivity contribution in [1.82, 2.24) is 29.5 Å². The van der Waals surface area contributed by atoms with Gasteiger partial charge in [0.25, 0.3) is 5.91 Å². The Morgan fingerprint density at radius 1 is 1.25 bits per heavy atom. The lowest BCUT2D eigenvalue weighted by molar-refractivity contribution is 0.100. The van der Waals surface area contributed by atoms with Crippen molar-refractivity contribution in [2.45, 2.75) is 38.9 Å². The molecule has 8 heteroatoms. The standard InChI is InChI=1S/C16H19N7O/c17-15(24)13-8-20-23-9-11(6-19-16(13)23)5-18-7-12-10-22-4-2-1-3-14(22)21-12/h6,8-10,18H,1-5,7H2,(H2,17,24). The first-order valence-electron chi connectivity index (χ1n) is 8.08. The van der Waals surface area contributed by atoms with E-state index in [1.807, 2.05) is 6.20 Å². The zero-order valence-electron chi connectivity index (χ0n) is 13.3. The van der Waals surface area contributed by atoms with E-state index in [-0.39, 0.29) is 0 Å². The van der Waals surface area contributed by atoms with Gasteiger partial charge < -0.3 is 15.6 Å². The van der Waals surface area contributed by atoms with Crippen molar-refractivity contribution in [2.24, 2.45) is 5.73 Å². The summed E-state index contributed by atoms with van der Waals surface area (Å²) in [5, 5.41) is 7.49. The van der Waals surface area contributed by atoms with Crippen molar-refractivity contribution in [3.63, 3.8) is 0 Å². The first kappa shape index (κ1) is 14.8. The lowest BCUT2D eigenvalue weighted by atomic mass is 10.2. The summed E-state index contributed by atoms with van der Waals surface area (Å²) in [6, 6.07) is 0. The molecule has 0 atom stereocenters. The molecule has 1 aliphatic heterocycles. The number of amides is 1. The van der Waals surface area contributed by atoms with Crippen LogP contribution in [0.3, 0.4) is 0 Å². The smallest absolute Gasteiger partial charge is 0.254 e. The molecule has 4 heterocycles. The Morgan fingerprint density at radius 3 is 3.00 bits per heavy atom. The van der Waals surface area contributed by atoms with Crippen molar-refractivity contribution >= 4 is 11.6 Å². The summed E-state index contributed by atoms with van der Waals surface area (Å²) >= 11 is 0. The molecule has 24 heavy (non-hydrogen) atoms. The number of carbonyl (C=O) groups is 1. The number of carbonyl (C=O) groups excluding carboxylic acids is 1. The second kappa shape index (κ2) is 6.04. The fourth-order valence-corrected chi connectivity index (χ4v) is 3.07. The van der Waals surface area contributed by atoms with Crippen molar-refractivity contribution in [2.75, 3.05) is 0 Å². The van der Waals surface area contributed by atoms with Gasteiger partial charge in [-0.25, -0.2) is 14.5 Å². The van der Waals surface area contributed by atoms with Gasteiger partial charge in [0.2, 0.25) is 0 Å². The Hall–Kier alpha value is -2.74. The van der Waals surface area contributed by atoms with E-state index < -0.39 is 5.91 Å². The summed E-state index contributed by atoms with van der Waals surface area (Å²) in [5.41, 5.74) is 8.15. The molecule has 3 aromatic rings. The van der Waals surface area contributed by atoms with Crippen molar-refractivity contribution < 1.29 is 4.79 Å². The highest BCUT2D eigenvalue weighted by atomic mass is 16.1. The molecule has 0 fully saturated rings. The van der Waals surface area contributed by atoms with Crippen LogP contribution in [0.5, 0.6) is 0 Å². The maximum Gasteiger partial charge on any atom is 0.254 e. The molecule has 0 saturated heterocycles. The molecule has 0 saturated carbocycles. The summed E-state index contributed by atoms with van der Waals surface area (Å²) in [6.45, 7) is 2.44. The van der Waals surface area contributed by atoms with E-state index in [9.17, 15) is 4.79 Å². The number of primary amides is 1. The van der Waals surface area contributed by atoms with Crippen LogP contribution < -0.4 is 11.1 Å². The minimum atomic E-state index is -0.521. The predicted octanol–water partition coefficient (Wildman–Crippen LogP) is 0.651. The first-order chi connectivity index (χ1) is 11.7. The summed E-state index contributed by atoms with van der Waals surface area (Å²) in [6.07, 6.45) is 10.7. The van der Waals surface area contributed by atoms with Gasteiger partial charge in [-0.1, -0.05) is 0 Å². The molecule has 0 spiro atoms. The Kier molecular flexibility index (Phi) is 3.73. The number of aromatic nitrogens is 5. The van der Waals surface area contributed by atoms with Gasteiger partial charge >= 0.3 is 0 Å². The third-order valence-corrected chi connectivity index (χ3v) is 4.27. The fraction of sp³-hybridized carbons (Fsp3) is 0.375. The number of imidazole rings is 1. The van der Waals surface area contributed by atoms with Gasteiger partial charge in [0, 0.05) is 50.2 Å². The predicted molar refractivity (Wildman–Crippen MR) is 87.2 cm³/mol. The zero-order chi connectivity index (χ0) is 16.5. The molecule has 0 aromatic carbocycles. The highest BCUT2D eigenvalue weighted by Crippen LogP contribution is 2.14. The minimum absolute atomic E-state index is 0.332. The topological polar surface area (TPSA) is 103 Å². The van der Waals surface area contributed by atoms with Crippen LogP contribution in [-0.2, 0) is 26.1 Å². The molecule has 4 rings (SSSR count). The van der Waals surface area contributed by atoms with Crippen LogP contribution in [0.25, 0.3) is 5.65 Å². The number of hydrogen-bond donors (Lipinski definition) is 2. The molecule has 0 aliphatic carbocycles. The third-order valence-electron chi connectivity index (χ3n) is 4.27. The zero-order valence-corrected chi connectivity index (χ0v) is 13.3. The van der Waals surface area contributed by atoms with Gasteiger partial charge in [-0.05, 0) is 12.8 Å². The van der Waals surface area contributed by atoms with Crippen molar-refractivity contribution in [3.8, 4) is 0 Å². The first-order valence-corrected chi connectivity index (χ1v) is 8.08. The molecule has 1 amide bonds. The van der Waals surface area contributed by atoms with Crippen LogP contribution in [0, 0.1) is 0 Å². The highest BCUT2D eigenvalue weighted by Gasteiger charge is 2.12. The quantitative estimate of drug-likeness (QED) is 0.717. The molecule has 0 unspecified atom stereocenters. The van der Waals surface area contributed by atoms with Gasteiger partial charge in [0.05, 0.1) is 11.9 Å². The number of nitrogens with two attached hydrogens (primary N) is 1. The Labute approximate surface area is 138 Å². The van der Waals surface area contributed by atoms with E-state index in [1.165, 1.54) is 24.9 Å². The van der Waals surface area contributed by atoms with Gasteiger partial charge in [0.15, 0.2) is 5.65 Å². The van der Waals surface area contributed by atoms with Crippen molar-refractivity contribution in [3.05, 3.63) is 47.4 Å². The average molecular weight is 325 g/mol.